The molecule has 1 aliphatic heterocycles. The molecule has 1 N–H and O–H groups in total. The third-order valence-corrected chi connectivity index (χ3v) is 3.95. The number of esters is 2. The van der Waals surface area contributed by atoms with E-state index in [-0.39, 0.29) is 5.57 Å². The minimum atomic E-state index is -1.25. The van der Waals surface area contributed by atoms with E-state index < -0.39 is 17.7 Å². The van der Waals surface area contributed by atoms with Gasteiger partial charge in [-0.2, -0.15) is 0 Å². The first kappa shape index (κ1) is 15.9. The zero-order valence-electron chi connectivity index (χ0n) is 11.6. The first-order valence-electron chi connectivity index (χ1n) is 6.08. The topological polar surface area (TPSA) is 64.6 Å². The minimum Gasteiger partial charge on any atom is -0.419 e. The molecule has 21 heavy (non-hydrogen) atoms. The number of carbonyl (C=O) groups excluding carboxylic acids is 2. The number of ether oxygens (including phenoxy) is 2. The zero-order chi connectivity index (χ0) is 15.8. The van der Waals surface area contributed by atoms with E-state index in [9.17, 15) is 9.59 Å². The molecule has 0 radical (unpaired) electrons. The lowest BCUT2D eigenvalue weighted by Gasteiger charge is -2.29. The lowest BCUT2D eigenvalue weighted by Crippen LogP contribution is -2.42. The van der Waals surface area contributed by atoms with E-state index in [2.05, 4.69) is 21.2 Å². The Kier molecular flexibility index (Phi) is 4.30. The van der Waals surface area contributed by atoms with Crippen molar-refractivity contribution in [1.82, 2.24) is 0 Å². The van der Waals surface area contributed by atoms with Crippen molar-refractivity contribution in [2.45, 2.75) is 26.6 Å². The lowest BCUT2D eigenvalue weighted by atomic mass is 10.2. The number of carbonyl (C=O) groups is 2. The van der Waals surface area contributed by atoms with Crippen LogP contribution in [0.5, 0.6) is 0 Å². The van der Waals surface area contributed by atoms with Crippen LogP contribution in [0.3, 0.4) is 0 Å². The van der Waals surface area contributed by atoms with Crippen molar-refractivity contribution in [3.05, 3.63) is 39.0 Å². The molecule has 0 bridgehead atoms. The van der Waals surface area contributed by atoms with E-state index in [0.29, 0.717) is 15.2 Å². The molecule has 5 nitrogen and oxygen atoms in total. The molecular weight excluding hydrogens is 362 g/mol. The Hall–Kier alpha value is -1.53. The van der Waals surface area contributed by atoms with Crippen molar-refractivity contribution in [2.24, 2.45) is 0 Å². The Bertz CT molecular complexity index is 633. The van der Waals surface area contributed by atoms with Crippen molar-refractivity contribution in [3.63, 3.8) is 0 Å². The molecule has 1 saturated heterocycles. The first-order valence-corrected chi connectivity index (χ1v) is 7.26. The molecule has 1 fully saturated rings. The van der Waals surface area contributed by atoms with Crippen LogP contribution in [0.2, 0.25) is 5.02 Å². The van der Waals surface area contributed by atoms with Crippen molar-refractivity contribution >= 4 is 45.2 Å². The average Bonchev–Trinajstić information content (AvgIpc) is 2.32. The van der Waals surface area contributed by atoms with Crippen LogP contribution in [0.4, 0.5) is 5.69 Å². The summed E-state index contributed by atoms with van der Waals surface area (Å²) in [5.74, 6) is -2.70. The van der Waals surface area contributed by atoms with Gasteiger partial charge in [0, 0.05) is 30.2 Å². The van der Waals surface area contributed by atoms with Crippen LogP contribution in [-0.4, -0.2) is 17.7 Å². The molecule has 0 amide bonds. The summed E-state index contributed by atoms with van der Waals surface area (Å²) in [5, 5.41) is 3.46. The zero-order valence-corrected chi connectivity index (χ0v) is 14.0. The van der Waals surface area contributed by atoms with Crippen LogP contribution in [0.15, 0.2) is 28.4 Å². The summed E-state index contributed by atoms with van der Waals surface area (Å²) < 4.78 is 10.7. The van der Waals surface area contributed by atoms with Gasteiger partial charge in [0.25, 0.3) is 5.79 Å². The third-order valence-electron chi connectivity index (χ3n) is 2.76. The minimum absolute atomic E-state index is 0.195. The summed E-state index contributed by atoms with van der Waals surface area (Å²) in [6.45, 7) is 4.83. The van der Waals surface area contributed by atoms with E-state index in [1.807, 2.05) is 6.92 Å². The molecule has 7 heteroatoms. The number of benzene rings is 1. The van der Waals surface area contributed by atoms with Crippen molar-refractivity contribution in [2.75, 3.05) is 5.32 Å². The van der Waals surface area contributed by atoms with Gasteiger partial charge in [0.2, 0.25) is 0 Å². The molecule has 0 atom stereocenters. The van der Waals surface area contributed by atoms with Crippen LogP contribution in [0, 0.1) is 6.92 Å². The summed E-state index contributed by atoms with van der Waals surface area (Å²) in [6.07, 6.45) is 1.27. The van der Waals surface area contributed by atoms with Crippen LogP contribution < -0.4 is 5.32 Å². The summed E-state index contributed by atoms with van der Waals surface area (Å²) in [4.78, 5) is 23.6. The normalized spacial score (nSPS) is 17.1. The second kappa shape index (κ2) is 5.69. The van der Waals surface area contributed by atoms with Crippen LogP contribution in [0.25, 0.3) is 0 Å². The number of halogens is 2. The van der Waals surface area contributed by atoms with Gasteiger partial charge in [-0.05, 0) is 40.5 Å². The number of cyclic esters (lactones) is 2. The predicted octanol–water partition coefficient (Wildman–Crippen LogP) is 3.54. The van der Waals surface area contributed by atoms with Gasteiger partial charge < -0.3 is 14.8 Å². The summed E-state index contributed by atoms with van der Waals surface area (Å²) in [6, 6.07) is 3.51. The second-order valence-electron chi connectivity index (χ2n) is 4.96. The monoisotopic (exact) mass is 373 g/mol. The summed E-state index contributed by atoms with van der Waals surface area (Å²) in [7, 11) is 0. The number of aryl methyl sites for hydroxylation is 1. The maximum Gasteiger partial charge on any atom is 0.350 e. The third kappa shape index (κ3) is 3.57. The largest absolute Gasteiger partial charge is 0.419 e. The Morgan fingerprint density at radius 1 is 1.24 bits per heavy atom. The van der Waals surface area contributed by atoms with Gasteiger partial charge in [-0.15, -0.1) is 0 Å². The fourth-order valence-corrected chi connectivity index (χ4v) is 2.29. The van der Waals surface area contributed by atoms with Gasteiger partial charge in [0.05, 0.1) is 5.02 Å². The summed E-state index contributed by atoms with van der Waals surface area (Å²) in [5.41, 5.74) is 1.36. The van der Waals surface area contributed by atoms with Crippen molar-refractivity contribution in [1.29, 1.82) is 0 Å². The molecule has 0 saturated carbocycles. The van der Waals surface area contributed by atoms with E-state index in [4.69, 9.17) is 21.1 Å². The highest BCUT2D eigenvalue weighted by atomic mass is 79.9. The highest BCUT2D eigenvalue weighted by Crippen LogP contribution is 2.29. The second-order valence-corrected chi connectivity index (χ2v) is 6.22. The lowest BCUT2D eigenvalue weighted by molar-refractivity contribution is -0.222. The average molecular weight is 375 g/mol. The molecule has 1 aliphatic rings. The standard InChI is InChI=1S/C14H13BrClNO4/c1-7-4-10(16)9(15)5-11(7)17-6-8-12(18)20-14(2,3)21-13(8)19/h4-6,17H,1-3H3. The number of hydrogen-bond donors (Lipinski definition) is 1. The highest BCUT2D eigenvalue weighted by molar-refractivity contribution is 9.10. The Morgan fingerprint density at radius 3 is 2.38 bits per heavy atom. The van der Waals surface area contributed by atoms with Crippen molar-refractivity contribution < 1.29 is 19.1 Å². The molecule has 1 aromatic rings. The fourth-order valence-electron chi connectivity index (χ4n) is 1.73. The number of anilines is 1. The number of hydrogen-bond acceptors (Lipinski definition) is 5. The molecule has 1 aromatic carbocycles. The molecule has 2 rings (SSSR count). The van der Waals surface area contributed by atoms with E-state index in [1.54, 1.807) is 12.1 Å². The quantitative estimate of drug-likeness (QED) is 0.487. The number of rotatable bonds is 2. The van der Waals surface area contributed by atoms with Gasteiger partial charge in [-0.25, -0.2) is 9.59 Å². The van der Waals surface area contributed by atoms with Gasteiger partial charge >= 0.3 is 11.9 Å². The molecule has 0 spiro atoms. The first-order chi connectivity index (χ1) is 9.69. The van der Waals surface area contributed by atoms with Crippen LogP contribution >= 0.6 is 27.5 Å². The van der Waals surface area contributed by atoms with E-state index in [0.717, 1.165) is 5.56 Å². The maximum atomic E-state index is 11.8. The maximum absolute atomic E-state index is 11.8. The summed E-state index contributed by atoms with van der Waals surface area (Å²) >= 11 is 9.28. The number of nitrogens with one attached hydrogen (secondary N) is 1. The Labute approximate surface area is 135 Å². The smallest absolute Gasteiger partial charge is 0.350 e. The molecule has 112 valence electrons. The van der Waals surface area contributed by atoms with E-state index >= 15 is 0 Å². The van der Waals surface area contributed by atoms with Crippen molar-refractivity contribution in [3.8, 4) is 0 Å². The van der Waals surface area contributed by atoms with Crippen LogP contribution in [0.1, 0.15) is 19.4 Å². The van der Waals surface area contributed by atoms with Gasteiger partial charge in [0.1, 0.15) is 0 Å². The molecule has 0 aliphatic carbocycles. The van der Waals surface area contributed by atoms with Gasteiger partial charge in [-0.3, -0.25) is 0 Å². The molecule has 0 aromatic heterocycles. The van der Waals surface area contributed by atoms with Gasteiger partial charge in [-0.1, -0.05) is 11.6 Å². The Morgan fingerprint density at radius 2 is 1.81 bits per heavy atom. The molecule has 0 unspecified atom stereocenters. The molecular formula is C14H13BrClNO4. The van der Waals surface area contributed by atoms with Crippen LogP contribution in [-0.2, 0) is 19.1 Å². The molecule has 1 heterocycles. The predicted molar refractivity (Wildman–Crippen MR) is 81.9 cm³/mol. The van der Waals surface area contributed by atoms with Gasteiger partial charge in [0.15, 0.2) is 5.57 Å². The Balaban J connectivity index is 2.24. The SMILES string of the molecule is Cc1cc(Cl)c(Br)cc1NC=C1C(=O)OC(C)(C)OC1=O. The van der Waals surface area contributed by atoms with E-state index in [1.165, 1.54) is 20.0 Å². The highest BCUT2D eigenvalue weighted by Gasteiger charge is 2.38. The fraction of sp³-hybridized carbons (Fsp3) is 0.286.